The minimum Gasteiger partial charge on any atom is -0.480 e. The Hall–Kier alpha value is -2.18. The van der Waals surface area contributed by atoms with Crippen molar-refractivity contribution in [2.24, 2.45) is 0 Å². The normalized spacial score (nSPS) is 9.67. The maximum atomic E-state index is 10.4. The van der Waals surface area contributed by atoms with Gasteiger partial charge in [0, 0.05) is 19.3 Å². The van der Waals surface area contributed by atoms with Gasteiger partial charge in [-0.05, 0) is 0 Å². The van der Waals surface area contributed by atoms with Crippen molar-refractivity contribution in [3.8, 4) is 0 Å². The second-order valence-electron chi connectivity index (χ2n) is 2.88. The van der Waals surface area contributed by atoms with Crippen molar-refractivity contribution in [2.75, 3.05) is 18.5 Å². The number of carboxylic acid groups (broad SMARTS) is 1. The molecule has 1 heterocycles. The highest BCUT2D eigenvalue weighted by Gasteiger charge is 2.11. The van der Waals surface area contributed by atoms with Gasteiger partial charge in [-0.2, -0.15) is 0 Å². The van der Waals surface area contributed by atoms with E-state index in [4.69, 9.17) is 5.11 Å². The molecule has 0 saturated carbocycles. The Kier molecular flexibility index (Phi) is 3.17. The molecule has 15 heavy (non-hydrogen) atoms. The van der Waals surface area contributed by atoms with E-state index in [1.54, 1.807) is 0 Å². The molecule has 7 nitrogen and oxygen atoms in total. The molecule has 0 radical (unpaired) electrons. The third-order valence-electron chi connectivity index (χ3n) is 1.70. The molecule has 0 amide bonds. The van der Waals surface area contributed by atoms with Crippen LogP contribution in [0.4, 0.5) is 11.5 Å². The predicted molar refractivity (Wildman–Crippen MR) is 51.8 cm³/mol. The van der Waals surface area contributed by atoms with Crippen LogP contribution < -0.4 is 4.90 Å². The van der Waals surface area contributed by atoms with Gasteiger partial charge in [-0.3, -0.25) is 14.9 Å². The van der Waals surface area contributed by atoms with Crippen LogP contribution in [0.2, 0.25) is 0 Å². The van der Waals surface area contributed by atoms with Crippen LogP contribution in [-0.4, -0.2) is 34.6 Å². The fraction of sp³-hybridized carbons (Fsp3) is 0.250. The summed E-state index contributed by atoms with van der Waals surface area (Å²) >= 11 is 0. The number of aliphatic carboxylic acids is 1. The van der Waals surface area contributed by atoms with E-state index < -0.39 is 10.9 Å². The average Bonchev–Trinajstić information content (AvgIpc) is 2.17. The van der Waals surface area contributed by atoms with Crippen molar-refractivity contribution in [3.63, 3.8) is 0 Å². The highest BCUT2D eigenvalue weighted by atomic mass is 16.6. The van der Waals surface area contributed by atoms with Gasteiger partial charge < -0.3 is 10.0 Å². The fourth-order valence-electron chi connectivity index (χ4n) is 1.01. The Balaban J connectivity index is 2.89. The molecule has 1 N–H and O–H groups in total. The second kappa shape index (κ2) is 4.36. The minimum atomic E-state index is -1.02. The number of carboxylic acids is 1. The summed E-state index contributed by atoms with van der Waals surface area (Å²) in [6.45, 7) is -0.256. The number of likely N-dealkylation sites (N-methyl/N-ethyl adjacent to an activating group) is 1. The number of carbonyl (C=O) groups is 1. The molecule has 7 heteroatoms. The smallest absolute Gasteiger partial charge is 0.323 e. The van der Waals surface area contributed by atoms with E-state index in [0.717, 1.165) is 0 Å². The minimum absolute atomic E-state index is 0.114. The van der Waals surface area contributed by atoms with Gasteiger partial charge in [0.1, 0.15) is 12.4 Å². The van der Waals surface area contributed by atoms with Gasteiger partial charge in [0.05, 0.1) is 11.0 Å². The number of hydrogen-bond donors (Lipinski definition) is 1. The zero-order valence-corrected chi connectivity index (χ0v) is 7.95. The molecule has 1 rings (SSSR count). The second-order valence-corrected chi connectivity index (χ2v) is 2.88. The van der Waals surface area contributed by atoms with Crippen molar-refractivity contribution in [2.45, 2.75) is 0 Å². The zero-order chi connectivity index (χ0) is 11.4. The fourth-order valence-corrected chi connectivity index (χ4v) is 1.01. The standard InChI is InChI=1S/C8H9N3O4/c1-10(5-8(12)13)7-4-6(11(14)15)2-3-9-7/h2-4H,5H2,1H3,(H,12,13). The van der Waals surface area contributed by atoms with Crippen LogP contribution in [-0.2, 0) is 4.79 Å². The van der Waals surface area contributed by atoms with E-state index in [9.17, 15) is 14.9 Å². The maximum Gasteiger partial charge on any atom is 0.323 e. The number of nitrogens with zero attached hydrogens (tertiary/aromatic N) is 3. The van der Waals surface area contributed by atoms with Crippen LogP contribution in [0, 0.1) is 10.1 Å². The summed E-state index contributed by atoms with van der Waals surface area (Å²) in [5.74, 6) is -0.766. The Morgan fingerprint density at radius 2 is 2.40 bits per heavy atom. The quantitative estimate of drug-likeness (QED) is 0.575. The van der Waals surface area contributed by atoms with Gasteiger partial charge >= 0.3 is 5.97 Å². The number of hydrogen-bond acceptors (Lipinski definition) is 5. The van der Waals surface area contributed by atoms with E-state index in [0.29, 0.717) is 0 Å². The maximum absolute atomic E-state index is 10.4. The molecule has 0 aromatic carbocycles. The Labute approximate surface area is 85.1 Å². The lowest BCUT2D eigenvalue weighted by Gasteiger charge is -2.14. The lowest BCUT2D eigenvalue weighted by atomic mass is 10.4. The average molecular weight is 211 g/mol. The van der Waals surface area contributed by atoms with Crippen LogP contribution in [0.15, 0.2) is 18.3 Å². The molecule has 0 aliphatic rings. The predicted octanol–water partition coefficient (Wildman–Crippen LogP) is 0.511. The third-order valence-corrected chi connectivity index (χ3v) is 1.70. The summed E-state index contributed by atoms with van der Waals surface area (Å²) in [6.07, 6.45) is 1.27. The van der Waals surface area contributed by atoms with Gasteiger partial charge in [0.15, 0.2) is 0 Å². The largest absolute Gasteiger partial charge is 0.480 e. The monoisotopic (exact) mass is 211 g/mol. The zero-order valence-electron chi connectivity index (χ0n) is 7.95. The van der Waals surface area contributed by atoms with Gasteiger partial charge in [0.2, 0.25) is 0 Å². The summed E-state index contributed by atoms with van der Waals surface area (Å²) < 4.78 is 0. The van der Waals surface area contributed by atoms with Crippen LogP contribution in [0.1, 0.15) is 0 Å². The topological polar surface area (TPSA) is 96.6 Å². The summed E-state index contributed by atoms with van der Waals surface area (Å²) in [6, 6.07) is 2.47. The molecule has 0 atom stereocenters. The van der Waals surface area contributed by atoms with E-state index in [1.165, 1.54) is 30.3 Å². The number of pyridine rings is 1. The summed E-state index contributed by atoms with van der Waals surface area (Å²) in [5, 5.41) is 19.0. The van der Waals surface area contributed by atoms with Gasteiger partial charge in [0.25, 0.3) is 5.69 Å². The summed E-state index contributed by atoms with van der Waals surface area (Å²) in [7, 11) is 1.50. The van der Waals surface area contributed by atoms with Crippen LogP contribution in [0.3, 0.4) is 0 Å². The van der Waals surface area contributed by atoms with Gasteiger partial charge in [-0.1, -0.05) is 0 Å². The Bertz CT molecular complexity index is 393. The number of anilines is 1. The molecular formula is C8H9N3O4. The molecule has 80 valence electrons. The van der Waals surface area contributed by atoms with Gasteiger partial charge in [-0.25, -0.2) is 4.98 Å². The lowest BCUT2D eigenvalue weighted by molar-refractivity contribution is -0.384. The van der Waals surface area contributed by atoms with E-state index in [-0.39, 0.29) is 18.1 Å². The molecule has 0 fully saturated rings. The van der Waals surface area contributed by atoms with E-state index in [2.05, 4.69) is 4.98 Å². The SMILES string of the molecule is CN(CC(=O)O)c1cc([N+](=O)[O-])ccn1. The van der Waals surface area contributed by atoms with Crippen LogP contribution >= 0.6 is 0 Å². The first kappa shape index (κ1) is 10.9. The van der Waals surface area contributed by atoms with Crippen molar-refractivity contribution >= 4 is 17.5 Å². The summed E-state index contributed by atoms with van der Waals surface area (Å²) in [4.78, 5) is 25.4. The Morgan fingerprint density at radius 3 is 2.93 bits per heavy atom. The van der Waals surface area contributed by atoms with Gasteiger partial charge in [-0.15, -0.1) is 0 Å². The highest BCUT2D eigenvalue weighted by molar-refractivity contribution is 5.73. The molecule has 1 aromatic heterocycles. The van der Waals surface area contributed by atoms with E-state index >= 15 is 0 Å². The molecule has 0 spiro atoms. The summed E-state index contributed by atoms with van der Waals surface area (Å²) in [5.41, 5.74) is -0.114. The molecule has 0 unspecified atom stereocenters. The highest BCUT2D eigenvalue weighted by Crippen LogP contribution is 2.16. The van der Waals surface area contributed by atoms with Crippen molar-refractivity contribution in [3.05, 3.63) is 28.4 Å². The molecule has 1 aromatic rings. The van der Waals surface area contributed by atoms with E-state index in [1.807, 2.05) is 0 Å². The molecule has 0 aliphatic carbocycles. The van der Waals surface area contributed by atoms with Crippen LogP contribution in [0.5, 0.6) is 0 Å². The number of rotatable bonds is 4. The van der Waals surface area contributed by atoms with Crippen molar-refractivity contribution in [1.29, 1.82) is 0 Å². The molecule has 0 bridgehead atoms. The molecule has 0 saturated heterocycles. The number of aromatic nitrogens is 1. The number of nitro groups is 1. The van der Waals surface area contributed by atoms with Crippen LogP contribution in [0.25, 0.3) is 0 Å². The first-order valence-corrected chi connectivity index (χ1v) is 4.04. The molecular weight excluding hydrogens is 202 g/mol. The van der Waals surface area contributed by atoms with Crippen molar-refractivity contribution in [1.82, 2.24) is 4.98 Å². The first-order valence-electron chi connectivity index (χ1n) is 4.04. The first-order chi connectivity index (χ1) is 7.00. The third kappa shape index (κ3) is 2.90. The Morgan fingerprint density at radius 1 is 1.73 bits per heavy atom. The molecule has 0 aliphatic heterocycles. The lowest BCUT2D eigenvalue weighted by Crippen LogP contribution is -2.25. The van der Waals surface area contributed by atoms with Crippen molar-refractivity contribution < 1.29 is 14.8 Å².